The number of aliphatic carboxylic acids is 1. The van der Waals surface area contributed by atoms with E-state index in [-0.39, 0.29) is 6.61 Å². The van der Waals surface area contributed by atoms with Crippen LogP contribution in [0.3, 0.4) is 0 Å². The second-order valence-electron chi connectivity index (χ2n) is 5.51. The molecule has 5 atom stereocenters. The fourth-order valence-corrected chi connectivity index (χ4v) is 3.33. The molecule has 3 rings (SSSR count). The number of aliphatic hydroxyl groups excluding tert-OH is 1. The summed E-state index contributed by atoms with van der Waals surface area (Å²) in [7, 11) is 0. The van der Waals surface area contributed by atoms with E-state index in [1.165, 1.54) is 0 Å². The van der Waals surface area contributed by atoms with Gasteiger partial charge in [0.15, 0.2) is 0 Å². The second-order valence-corrected chi connectivity index (χ2v) is 5.51. The molecule has 5 heteroatoms. The predicted octanol–water partition coefficient (Wildman–Crippen LogP) is 1.22. The van der Waals surface area contributed by atoms with Crippen LogP contribution in [0.15, 0.2) is 42.5 Å². The Kier molecular flexibility index (Phi) is 3.51. The lowest BCUT2D eigenvalue weighted by Gasteiger charge is -2.22. The molecule has 1 saturated carbocycles. The van der Waals surface area contributed by atoms with Gasteiger partial charge in [-0.3, -0.25) is 9.59 Å². The van der Waals surface area contributed by atoms with Crippen LogP contribution in [0.25, 0.3) is 0 Å². The summed E-state index contributed by atoms with van der Waals surface area (Å²) in [5.41, 5.74) is 0.844. The van der Waals surface area contributed by atoms with E-state index in [0.717, 1.165) is 5.56 Å². The van der Waals surface area contributed by atoms with Crippen LogP contribution in [0.2, 0.25) is 0 Å². The summed E-state index contributed by atoms with van der Waals surface area (Å²) < 4.78 is 5.25. The standard InChI is InChI=1S/C16H16O5/c17-14-10-6-7-11(14)13(12(10)15(18)19)16(20)21-8-9-4-2-1-3-5-9/h1-7,10-14,17H,8H2,(H,18,19)/t10-,11+,12+,13-,14?/m0/s1. The summed E-state index contributed by atoms with van der Waals surface area (Å²) in [6.07, 6.45) is 2.61. The number of carboxylic acids is 1. The van der Waals surface area contributed by atoms with E-state index in [2.05, 4.69) is 0 Å². The number of carbonyl (C=O) groups excluding carboxylic acids is 1. The molecule has 2 N–H and O–H groups in total. The summed E-state index contributed by atoms with van der Waals surface area (Å²) in [4.78, 5) is 23.6. The van der Waals surface area contributed by atoms with Gasteiger partial charge in [-0.05, 0) is 5.56 Å². The largest absolute Gasteiger partial charge is 0.481 e. The Hall–Kier alpha value is -2.14. The minimum absolute atomic E-state index is 0.111. The first-order valence-electron chi connectivity index (χ1n) is 6.89. The van der Waals surface area contributed by atoms with Crippen LogP contribution in [0.5, 0.6) is 0 Å². The molecule has 0 radical (unpaired) electrons. The molecule has 2 bridgehead atoms. The number of aliphatic hydroxyl groups is 1. The molecule has 0 aromatic heterocycles. The third-order valence-electron chi connectivity index (χ3n) is 4.34. The van der Waals surface area contributed by atoms with Crippen molar-refractivity contribution in [2.45, 2.75) is 12.7 Å². The quantitative estimate of drug-likeness (QED) is 0.643. The maximum Gasteiger partial charge on any atom is 0.310 e. The van der Waals surface area contributed by atoms with Gasteiger partial charge in [0.2, 0.25) is 0 Å². The van der Waals surface area contributed by atoms with Crippen LogP contribution in [-0.2, 0) is 20.9 Å². The Labute approximate surface area is 121 Å². The van der Waals surface area contributed by atoms with Gasteiger partial charge < -0.3 is 14.9 Å². The number of carboxylic acid groups (broad SMARTS) is 1. The average molecular weight is 288 g/mol. The fourth-order valence-electron chi connectivity index (χ4n) is 3.33. The van der Waals surface area contributed by atoms with Gasteiger partial charge in [-0.1, -0.05) is 42.5 Å². The molecular weight excluding hydrogens is 272 g/mol. The summed E-state index contributed by atoms with van der Waals surface area (Å²) >= 11 is 0. The fraction of sp³-hybridized carbons (Fsp3) is 0.375. The van der Waals surface area contributed by atoms with E-state index < -0.39 is 41.7 Å². The molecule has 0 heterocycles. The van der Waals surface area contributed by atoms with Crippen molar-refractivity contribution in [3.8, 4) is 0 Å². The zero-order valence-electron chi connectivity index (χ0n) is 11.3. The van der Waals surface area contributed by atoms with Crippen molar-refractivity contribution in [3.63, 3.8) is 0 Å². The maximum absolute atomic E-state index is 12.2. The monoisotopic (exact) mass is 288 g/mol. The maximum atomic E-state index is 12.2. The normalized spacial score (nSPS) is 33.1. The Morgan fingerprint density at radius 3 is 2.29 bits per heavy atom. The van der Waals surface area contributed by atoms with Crippen molar-refractivity contribution in [2.75, 3.05) is 0 Å². The van der Waals surface area contributed by atoms with Crippen LogP contribution in [-0.4, -0.2) is 28.3 Å². The third kappa shape index (κ3) is 2.34. The number of fused-ring (bicyclic) bond motifs is 2. The molecule has 5 nitrogen and oxygen atoms in total. The Balaban J connectivity index is 1.72. The lowest BCUT2D eigenvalue weighted by Crippen LogP contribution is -2.34. The molecule has 2 aliphatic carbocycles. The van der Waals surface area contributed by atoms with Gasteiger partial charge in [-0.2, -0.15) is 0 Å². The molecule has 2 aliphatic rings. The number of hydrogen-bond donors (Lipinski definition) is 2. The number of esters is 1. The number of benzene rings is 1. The summed E-state index contributed by atoms with van der Waals surface area (Å²) in [5, 5.41) is 19.3. The van der Waals surface area contributed by atoms with Crippen LogP contribution in [0.1, 0.15) is 5.56 Å². The SMILES string of the molecule is O=C(OCc1ccccc1)[C@@H]1[C@H](C(=O)O)[C@@H]2C=C[C@H]1C2O. The average Bonchev–Trinajstić information content (AvgIpc) is 2.99. The predicted molar refractivity (Wildman–Crippen MR) is 73.0 cm³/mol. The summed E-state index contributed by atoms with van der Waals surface area (Å²) in [6.45, 7) is 0.111. The third-order valence-corrected chi connectivity index (χ3v) is 4.34. The van der Waals surface area contributed by atoms with Crippen molar-refractivity contribution in [3.05, 3.63) is 48.0 Å². The second kappa shape index (κ2) is 5.33. The van der Waals surface area contributed by atoms with Gasteiger partial charge in [0.25, 0.3) is 0 Å². The number of carbonyl (C=O) groups is 2. The number of hydrogen-bond acceptors (Lipinski definition) is 4. The first-order chi connectivity index (χ1) is 10.1. The Morgan fingerprint density at radius 1 is 1.05 bits per heavy atom. The smallest absolute Gasteiger partial charge is 0.310 e. The first-order valence-corrected chi connectivity index (χ1v) is 6.89. The molecule has 0 aliphatic heterocycles. The highest BCUT2D eigenvalue weighted by atomic mass is 16.5. The molecule has 1 aromatic carbocycles. The molecule has 0 spiro atoms. The van der Waals surface area contributed by atoms with Crippen LogP contribution in [0, 0.1) is 23.7 Å². The van der Waals surface area contributed by atoms with Crippen LogP contribution in [0.4, 0.5) is 0 Å². The zero-order chi connectivity index (χ0) is 15.0. The molecule has 110 valence electrons. The van der Waals surface area contributed by atoms with E-state index >= 15 is 0 Å². The zero-order valence-corrected chi connectivity index (χ0v) is 11.3. The van der Waals surface area contributed by atoms with Crippen LogP contribution < -0.4 is 0 Å². The minimum atomic E-state index is -1.06. The molecule has 1 fully saturated rings. The van der Waals surface area contributed by atoms with Gasteiger partial charge in [-0.25, -0.2) is 0 Å². The summed E-state index contributed by atoms with van der Waals surface area (Å²) in [6, 6.07) is 9.21. The highest BCUT2D eigenvalue weighted by Gasteiger charge is 2.57. The number of ether oxygens (including phenoxy) is 1. The first kappa shape index (κ1) is 13.8. The highest BCUT2D eigenvalue weighted by Crippen LogP contribution is 2.48. The van der Waals surface area contributed by atoms with Crippen molar-refractivity contribution < 1.29 is 24.5 Å². The van der Waals surface area contributed by atoms with Gasteiger partial charge in [-0.15, -0.1) is 0 Å². The number of rotatable bonds is 4. The van der Waals surface area contributed by atoms with E-state index in [4.69, 9.17) is 4.74 Å². The van der Waals surface area contributed by atoms with Gasteiger partial charge in [0.1, 0.15) is 6.61 Å². The van der Waals surface area contributed by atoms with Crippen molar-refractivity contribution in [1.29, 1.82) is 0 Å². The molecular formula is C16H16O5. The van der Waals surface area contributed by atoms with Crippen LogP contribution >= 0.6 is 0 Å². The van der Waals surface area contributed by atoms with Gasteiger partial charge in [0.05, 0.1) is 17.9 Å². The molecule has 1 unspecified atom stereocenters. The topological polar surface area (TPSA) is 83.8 Å². The van der Waals surface area contributed by atoms with Gasteiger partial charge >= 0.3 is 11.9 Å². The van der Waals surface area contributed by atoms with Gasteiger partial charge in [0, 0.05) is 11.8 Å². The van der Waals surface area contributed by atoms with E-state index in [9.17, 15) is 19.8 Å². The van der Waals surface area contributed by atoms with Crippen molar-refractivity contribution >= 4 is 11.9 Å². The minimum Gasteiger partial charge on any atom is -0.481 e. The van der Waals surface area contributed by atoms with E-state index in [0.29, 0.717) is 0 Å². The Bertz CT molecular complexity index is 580. The lowest BCUT2D eigenvalue weighted by molar-refractivity contribution is -0.159. The molecule has 1 aromatic rings. The summed E-state index contributed by atoms with van der Waals surface area (Å²) in [5.74, 6) is -4.29. The van der Waals surface area contributed by atoms with Crippen molar-refractivity contribution in [1.82, 2.24) is 0 Å². The highest BCUT2D eigenvalue weighted by molar-refractivity contribution is 5.84. The molecule has 0 amide bonds. The molecule has 21 heavy (non-hydrogen) atoms. The molecule has 0 saturated heterocycles. The lowest BCUT2D eigenvalue weighted by atomic mass is 9.83. The van der Waals surface area contributed by atoms with Crippen molar-refractivity contribution in [2.24, 2.45) is 23.7 Å². The van der Waals surface area contributed by atoms with E-state index in [1.807, 2.05) is 30.3 Å². The Morgan fingerprint density at radius 2 is 1.67 bits per heavy atom. The van der Waals surface area contributed by atoms with E-state index in [1.54, 1.807) is 12.2 Å².